The van der Waals surface area contributed by atoms with Gasteiger partial charge in [0.2, 0.25) is 5.91 Å². The number of hydrogen-bond donors (Lipinski definition) is 1. The molecule has 1 spiro atoms. The van der Waals surface area contributed by atoms with Crippen LogP contribution in [0.5, 0.6) is 5.75 Å². The fourth-order valence-electron chi connectivity index (χ4n) is 4.66. The molecule has 8 nitrogen and oxygen atoms in total. The molecule has 1 unspecified atom stereocenters. The van der Waals surface area contributed by atoms with Crippen LogP contribution in [0, 0.1) is 0 Å². The summed E-state index contributed by atoms with van der Waals surface area (Å²) in [5.41, 5.74) is 0.565. The number of ether oxygens (including phenoxy) is 2. The van der Waals surface area contributed by atoms with Gasteiger partial charge in [0.25, 0.3) is 11.8 Å². The number of likely N-dealkylation sites (N-methyl/N-ethyl adjacent to an activating group) is 1. The lowest BCUT2D eigenvalue weighted by atomic mass is 9.91. The quantitative estimate of drug-likeness (QED) is 0.730. The fourth-order valence-corrected chi connectivity index (χ4v) is 4.66. The maximum absolute atomic E-state index is 13.5. The zero-order chi connectivity index (χ0) is 24.7. The van der Waals surface area contributed by atoms with E-state index in [9.17, 15) is 14.4 Å². The van der Waals surface area contributed by atoms with Crippen LogP contribution in [0.2, 0.25) is 0 Å². The van der Waals surface area contributed by atoms with Crippen molar-refractivity contribution in [1.82, 2.24) is 15.1 Å². The van der Waals surface area contributed by atoms with Gasteiger partial charge in [-0.15, -0.1) is 0 Å². The molecule has 3 amide bonds. The molecule has 0 saturated carbocycles. The lowest BCUT2D eigenvalue weighted by Gasteiger charge is -2.43. The summed E-state index contributed by atoms with van der Waals surface area (Å²) < 4.78 is 12.1. The first-order valence-corrected chi connectivity index (χ1v) is 12.2. The molecule has 2 aliphatic rings. The Morgan fingerprint density at radius 3 is 2.60 bits per heavy atom. The van der Waals surface area contributed by atoms with E-state index in [1.165, 1.54) is 0 Å². The molecule has 1 saturated heterocycles. The summed E-state index contributed by atoms with van der Waals surface area (Å²) >= 11 is 0. The third-order valence-electron chi connectivity index (χ3n) is 6.64. The highest BCUT2D eigenvalue weighted by molar-refractivity contribution is 5.96. The van der Waals surface area contributed by atoms with E-state index in [4.69, 9.17) is 9.47 Å². The van der Waals surface area contributed by atoms with E-state index in [0.29, 0.717) is 31.7 Å². The molecular weight excluding hydrogens is 446 g/mol. The van der Waals surface area contributed by atoms with Gasteiger partial charge in [-0.25, -0.2) is 0 Å². The van der Waals surface area contributed by atoms with Crippen LogP contribution in [0.1, 0.15) is 35.2 Å². The molecule has 4 rings (SSSR count). The first-order valence-electron chi connectivity index (χ1n) is 12.2. The molecule has 2 aromatic carbocycles. The second-order valence-electron chi connectivity index (χ2n) is 9.10. The number of amides is 3. The van der Waals surface area contributed by atoms with Gasteiger partial charge in [0, 0.05) is 19.2 Å². The van der Waals surface area contributed by atoms with Crippen LogP contribution < -0.4 is 10.1 Å². The summed E-state index contributed by atoms with van der Waals surface area (Å²) in [6.07, 6.45) is 3.04. The molecule has 2 aromatic rings. The minimum atomic E-state index is -1.09. The molecule has 186 valence electrons. The van der Waals surface area contributed by atoms with Gasteiger partial charge in [-0.1, -0.05) is 36.4 Å². The Morgan fingerprint density at radius 1 is 1.00 bits per heavy atom. The fraction of sp³-hybridized carbons (Fsp3) is 0.444. The molecule has 0 aromatic heterocycles. The van der Waals surface area contributed by atoms with Crippen molar-refractivity contribution in [3.05, 3.63) is 65.7 Å². The SMILES string of the molecule is CN1CCOc2ccccc2CCCCC2(CN(C(=O)CNC(=O)c3ccccc3)CCO2)C1=O. The molecule has 0 radical (unpaired) electrons. The van der Waals surface area contributed by atoms with Gasteiger partial charge in [0.1, 0.15) is 12.4 Å². The summed E-state index contributed by atoms with van der Waals surface area (Å²) in [5, 5.41) is 2.69. The van der Waals surface area contributed by atoms with Crippen LogP contribution in [-0.2, 0) is 20.7 Å². The maximum Gasteiger partial charge on any atom is 0.256 e. The number of para-hydroxylation sites is 1. The van der Waals surface area contributed by atoms with E-state index in [1.54, 1.807) is 41.1 Å². The molecule has 1 fully saturated rings. The van der Waals surface area contributed by atoms with Crippen LogP contribution in [-0.4, -0.2) is 79.6 Å². The summed E-state index contributed by atoms with van der Waals surface area (Å²) in [6, 6.07) is 16.8. The van der Waals surface area contributed by atoms with Crippen molar-refractivity contribution >= 4 is 17.7 Å². The van der Waals surface area contributed by atoms with Crippen LogP contribution in [0.15, 0.2) is 54.6 Å². The average molecular weight is 480 g/mol. The summed E-state index contributed by atoms with van der Waals surface area (Å²) in [6.45, 7) is 1.50. The normalized spacial score (nSPS) is 21.3. The zero-order valence-corrected chi connectivity index (χ0v) is 20.2. The number of benzene rings is 2. The number of morpholine rings is 1. The van der Waals surface area contributed by atoms with E-state index in [1.807, 2.05) is 24.3 Å². The third-order valence-corrected chi connectivity index (χ3v) is 6.64. The van der Waals surface area contributed by atoms with Gasteiger partial charge >= 0.3 is 0 Å². The second kappa shape index (κ2) is 11.4. The number of carbonyl (C=O) groups excluding carboxylic acids is 3. The minimum absolute atomic E-state index is 0.127. The van der Waals surface area contributed by atoms with Gasteiger partial charge in [0.05, 0.1) is 26.2 Å². The number of nitrogens with zero attached hydrogens (tertiary/aromatic N) is 2. The van der Waals surface area contributed by atoms with Crippen molar-refractivity contribution in [2.24, 2.45) is 0 Å². The van der Waals surface area contributed by atoms with E-state index in [2.05, 4.69) is 11.4 Å². The lowest BCUT2D eigenvalue weighted by molar-refractivity contribution is -0.175. The minimum Gasteiger partial charge on any atom is -0.491 e. The predicted octanol–water partition coefficient (Wildman–Crippen LogP) is 2.28. The van der Waals surface area contributed by atoms with Crippen molar-refractivity contribution in [2.75, 3.05) is 46.4 Å². The zero-order valence-electron chi connectivity index (χ0n) is 20.2. The number of nitrogens with one attached hydrogen (secondary N) is 1. The number of hydrogen-bond acceptors (Lipinski definition) is 5. The van der Waals surface area contributed by atoms with Crippen LogP contribution >= 0.6 is 0 Å². The van der Waals surface area contributed by atoms with E-state index in [-0.39, 0.29) is 37.4 Å². The van der Waals surface area contributed by atoms with Crippen molar-refractivity contribution in [3.63, 3.8) is 0 Å². The smallest absolute Gasteiger partial charge is 0.256 e. The van der Waals surface area contributed by atoms with Crippen molar-refractivity contribution in [3.8, 4) is 5.75 Å². The first-order chi connectivity index (χ1) is 17.0. The molecular formula is C27H33N3O5. The van der Waals surface area contributed by atoms with Crippen LogP contribution in [0.25, 0.3) is 0 Å². The van der Waals surface area contributed by atoms with E-state index < -0.39 is 5.60 Å². The monoisotopic (exact) mass is 479 g/mol. The number of rotatable bonds is 3. The highest BCUT2D eigenvalue weighted by atomic mass is 16.5. The van der Waals surface area contributed by atoms with E-state index in [0.717, 1.165) is 30.6 Å². The number of fused-ring (bicyclic) bond motifs is 1. The van der Waals surface area contributed by atoms with Gasteiger partial charge < -0.3 is 24.6 Å². The van der Waals surface area contributed by atoms with Crippen molar-refractivity contribution in [1.29, 1.82) is 0 Å². The number of carbonyl (C=O) groups is 3. The van der Waals surface area contributed by atoms with E-state index >= 15 is 0 Å². The van der Waals surface area contributed by atoms with Crippen LogP contribution in [0.4, 0.5) is 0 Å². The molecule has 35 heavy (non-hydrogen) atoms. The molecule has 1 atom stereocenters. The number of aryl methyl sites for hydroxylation is 1. The summed E-state index contributed by atoms with van der Waals surface area (Å²) in [4.78, 5) is 42.1. The Balaban J connectivity index is 1.42. The lowest BCUT2D eigenvalue weighted by Crippen LogP contribution is -2.62. The molecule has 2 aliphatic heterocycles. The van der Waals surface area contributed by atoms with Gasteiger partial charge in [-0.3, -0.25) is 14.4 Å². The van der Waals surface area contributed by atoms with Gasteiger partial charge in [0.15, 0.2) is 5.60 Å². The van der Waals surface area contributed by atoms with Gasteiger partial charge in [-0.2, -0.15) is 0 Å². The molecule has 1 N–H and O–H groups in total. The van der Waals surface area contributed by atoms with Gasteiger partial charge in [-0.05, 0) is 49.4 Å². The standard InChI is InChI=1S/C27H33N3O5/c1-29-15-17-34-23-13-6-5-9-21(23)10-7-8-14-27(26(29)33)20-30(16-18-35-27)24(31)19-28-25(32)22-11-3-2-4-12-22/h2-6,9,11-13H,7-8,10,14-20H2,1H3,(H,28,32). The first kappa shape index (κ1) is 24.7. The van der Waals surface area contributed by atoms with Crippen molar-refractivity contribution in [2.45, 2.75) is 31.3 Å². The highest BCUT2D eigenvalue weighted by Gasteiger charge is 2.46. The molecule has 0 bridgehead atoms. The topological polar surface area (TPSA) is 88.2 Å². The second-order valence-corrected chi connectivity index (χ2v) is 9.10. The highest BCUT2D eigenvalue weighted by Crippen LogP contribution is 2.29. The Kier molecular flexibility index (Phi) is 8.02. The average Bonchev–Trinajstić information content (AvgIpc) is 2.89. The van der Waals surface area contributed by atoms with Crippen LogP contribution in [0.3, 0.4) is 0 Å². The third kappa shape index (κ3) is 6.00. The Bertz CT molecular complexity index is 1040. The Hall–Kier alpha value is -3.39. The maximum atomic E-state index is 13.5. The summed E-state index contributed by atoms with van der Waals surface area (Å²) in [7, 11) is 1.75. The summed E-state index contributed by atoms with van der Waals surface area (Å²) in [5.74, 6) is 0.201. The molecule has 8 heteroatoms. The molecule has 0 aliphatic carbocycles. The predicted molar refractivity (Wildman–Crippen MR) is 131 cm³/mol. The Labute approximate surface area is 206 Å². The Morgan fingerprint density at radius 2 is 1.77 bits per heavy atom. The van der Waals surface area contributed by atoms with Crippen molar-refractivity contribution < 1.29 is 23.9 Å². The largest absolute Gasteiger partial charge is 0.491 e. The molecule has 2 heterocycles.